The summed E-state index contributed by atoms with van der Waals surface area (Å²) < 4.78 is 0. The molecule has 0 radical (unpaired) electrons. The monoisotopic (exact) mass is 312 g/mol. The van der Waals surface area contributed by atoms with Crippen LogP contribution in [-0.2, 0) is 6.42 Å². The fraction of sp³-hybridized carbons (Fsp3) is 0.278. The van der Waals surface area contributed by atoms with Crippen LogP contribution >= 0.6 is 0 Å². The van der Waals surface area contributed by atoms with E-state index in [2.05, 4.69) is 10.3 Å². The number of carbonyl (C=O) groups excluding carboxylic acids is 1. The Hall–Kier alpha value is -2.69. The average molecular weight is 312 g/mol. The van der Waals surface area contributed by atoms with E-state index in [4.69, 9.17) is 5.11 Å². The van der Waals surface area contributed by atoms with Gasteiger partial charge in [-0.25, -0.2) is 9.78 Å². The quantitative estimate of drug-likeness (QED) is 0.889. The first kappa shape index (κ1) is 16.7. The van der Waals surface area contributed by atoms with Crippen LogP contribution in [0.3, 0.4) is 0 Å². The van der Waals surface area contributed by atoms with Gasteiger partial charge in [-0.3, -0.25) is 4.79 Å². The maximum Gasteiger partial charge on any atom is 0.354 e. The Morgan fingerprint density at radius 3 is 2.43 bits per heavy atom. The predicted octanol–water partition coefficient (Wildman–Crippen LogP) is 2.84. The predicted molar refractivity (Wildman–Crippen MR) is 87.6 cm³/mol. The summed E-state index contributed by atoms with van der Waals surface area (Å²) in [6, 6.07) is 10.9. The van der Waals surface area contributed by atoms with Crippen LogP contribution in [0.2, 0.25) is 0 Å². The molecule has 1 heterocycles. The average Bonchev–Trinajstić information content (AvgIpc) is 2.49. The molecule has 0 saturated heterocycles. The number of nitrogens with one attached hydrogen (secondary N) is 1. The number of carboxylic acids is 1. The standard InChI is InChI=1S/C18H20N2O3/c1-12-6-4-5-7-13(12)10-18(2,3)20-16(21)14-8-9-15(17(22)23)19-11-14/h4-9,11H,10H2,1-3H3,(H,20,21)(H,22,23). The maximum absolute atomic E-state index is 12.3. The second-order valence-electron chi connectivity index (χ2n) is 6.18. The second kappa shape index (κ2) is 6.60. The minimum absolute atomic E-state index is 0.0827. The van der Waals surface area contributed by atoms with Crippen molar-refractivity contribution in [1.82, 2.24) is 10.3 Å². The van der Waals surface area contributed by atoms with Crippen LogP contribution in [0.25, 0.3) is 0 Å². The van der Waals surface area contributed by atoms with Gasteiger partial charge in [0.2, 0.25) is 0 Å². The number of pyridine rings is 1. The third-order valence-corrected chi connectivity index (χ3v) is 3.59. The molecule has 0 spiro atoms. The van der Waals surface area contributed by atoms with Crippen molar-refractivity contribution in [2.24, 2.45) is 0 Å². The molecular weight excluding hydrogens is 292 g/mol. The lowest BCUT2D eigenvalue weighted by Gasteiger charge is -2.27. The number of carboxylic acid groups (broad SMARTS) is 1. The molecule has 0 aliphatic heterocycles. The molecule has 0 aliphatic carbocycles. The Kier molecular flexibility index (Phi) is 4.79. The summed E-state index contributed by atoms with van der Waals surface area (Å²) in [6.45, 7) is 5.95. The minimum atomic E-state index is -1.11. The number of carbonyl (C=O) groups is 2. The number of aromatic nitrogens is 1. The fourth-order valence-electron chi connectivity index (χ4n) is 2.36. The number of hydrogen-bond donors (Lipinski definition) is 2. The van der Waals surface area contributed by atoms with Gasteiger partial charge in [0.25, 0.3) is 5.91 Å². The summed E-state index contributed by atoms with van der Waals surface area (Å²) in [5.74, 6) is -1.38. The molecule has 1 aromatic carbocycles. The number of rotatable bonds is 5. The SMILES string of the molecule is Cc1ccccc1CC(C)(C)NC(=O)c1ccc(C(=O)O)nc1. The van der Waals surface area contributed by atoms with Gasteiger partial charge in [0, 0.05) is 11.7 Å². The molecular formula is C18H20N2O3. The van der Waals surface area contributed by atoms with Gasteiger partial charge in [-0.05, 0) is 50.5 Å². The van der Waals surface area contributed by atoms with Crippen LogP contribution in [0.4, 0.5) is 0 Å². The number of nitrogens with zero attached hydrogens (tertiary/aromatic N) is 1. The van der Waals surface area contributed by atoms with Gasteiger partial charge in [0.15, 0.2) is 0 Å². The molecule has 0 fully saturated rings. The summed E-state index contributed by atoms with van der Waals surface area (Å²) in [7, 11) is 0. The number of aromatic carboxylic acids is 1. The Bertz CT molecular complexity index is 721. The molecule has 120 valence electrons. The third kappa shape index (κ3) is 4.39. The zero-order chi connectivity index (χ0) is 17.0. The number of amides is 1. The highest BCUT2D eigenvalue weighted by Gasteiger charge is 2.22. The van der Waals surface area contributed by atoms with E-state index in [9.17, 15) is 9.59 Å². The summed E-state index contributed by atoms with van der Waals surface area (Å²) in [6.07, 6.45) is 1.98. The van der Waals surface area contributed by atoms with Crippen molar-refractivity contribution < 1.29 is 14.7 Å². The van der Waals surface area contributed by atoms with E-state index in [0.29, 0.717) is 12.0 Å². The van der Waals surface area contributed by atoms with Gasteiger partial charge < -0.3 is 10.4 Å². The zero-order valence-corrected chi connectivity index (χ0v) is 13.5. The van der Waals surface area contributed by atoms with E-state index >= 15 is 0 Å². The van der Waals surface area contributed by atoms with E-state index in [0.717, 1.165) is 0 Å². The van der Waals surface area contributed by atoms with Crippen LogP contribution in [-0.4, -0.2) is 27.5 Å². The molecule has 2 rings (SSSR count). The van der Waals surface area contributed by atoms with Crippen LogP contribution in [0.5, 0.6) is 0 Å². The van der Waals surface area contributed by atoms with Crippen LogP contribution < -0.4 is 5.32 Å². The van der Waals surface area contributed by atoms with Gasteiger partial charge in [-0.2, -0.15) is 0 Å². The van der Waals surface area contributed by atoms with E-state index < -0.39 is 11.5 Å². The summed E-state index contributed by atoms with van der Waals surface area (Å²) >= 11 is 0. The second-order valence-corrected chi connectivity index (χ2v) is 6.18. The van der Waals surface area contributed by atoms with Gasteiger partial charge in [0.1, 0.15) is 5.69 Å². The van der Waals surface area contributed by atoms with Crippen molar-refractivity contribution in [1.29, 1.82) is 0 Å². The first-order valence-electron chi connectivity index (χ1n) is 7.35. The summed E-state index contributed by atoms with van der Waals surface area (Å²) in [5, 5.41) is 11.8. The van der Waals surface area contributed by atoms with Crippen LogP contribution in [0, 0.1) is 6.92 Å². The first-order chi connectivity index (χ1) is 10.8. The molecule has 0 bridgehead atoms. The lowest BCUT2D eigenvalue weighted by molar-refractivity contribution is 0.0689. The molecule has 5 heteroatoms. The van der Waals surface area contributed by atoms with E-state index in [1.54, 1.807) is 0 Å². The van der Waals surface area contributed by atoms with Crippen molar-refractivity contribution >= 4 is 11.9 Å². The Balaban J connectivity index is 2.08. The zero-order valence-electron chi connectivity index (χ0n) is 13.5. The highest BCUT2D eigenvalue weighted by atomic mass is 16.4. The van der Waals surface area contributed by atoms with Crippen molar-refractivity contribution in [3.63, 3.8) is 0 Å². The third-order valence-electron chi connectivity index (χ3n) is 3.59. The van der Waals surface area contributed by atoms with Crippen LogP contribution in [0.15, 0.2) is 42.6 Å². The molecule has 0 atom stereocenters. The van der Waals surface area contributed by atoms with Gasteiger partial charge in [-0.1, -0.05) is 24.3 Å². The summed E-state index contributed by atoms with van der Waals surface area (Å²) in [4.78, 5) is 26.9. The highest BCUT2D eigenvalue weighted by molar-refractivity contribution is 5.95. The van der Waals surface area contributed by atoms with Crippen molar-refractivity contribution in [2.75, 3.05) is 0 Å². The molecule has 0 saturated carbocycles. The fourth-order valence-corrected chi connectivity index (χ4v) is 2.36. The Morgan fingerprint density at radius 2 is 1.87 bits per heavy atom. The van der Waals surface area contributed by atoms with Crippen LogP contribution in [0.1, 0.15) is 45.8 Å². The van der Waals surface area contributed by atoms with Crippen molar-refractivity contribution in [3.05, 3.63) is 65.0 Å². The Morgan fingerprint density at radius 1 is 1.17 bits per heavy atom. The first-order valence-corrected chi connectivity index (χ1v) is 7.35. The van der Waals surface area contributed by atoms with Gasteiger partial charge in [-0.15, -0.1) is 0 Å². The smallest absolute Gasteiger partial charge is 0.354 e. The minimum Gasteiger partial charge on any atom is -0.477 e. The lowest BCUT2D eigenvalue weighted by Crippen LogP contribution is -2.45. The lowest BCUT2D eigenvalue weighted by atomic mass is 9.92. The van der Waals surface area contributed by atoms with E-state index in [1.807, 2.05) is 45.0 Å². The summed E-state index contributed by atoms with van der Waals surface area (Å²) in [5.41, 5.74) is 2.18. The highest BCUT2D eigenvalue weighted by Crippen LogP contribution is 2.17. The van der Waals surface area contributed by atoms with E-state index in [1.165, 1.54) is 29.5 Å². The molecule has 0 aliphatic rings. The molecule has 5 nitrogen and oxygen atoms in total. The van der Waals surface area contributed by atoms with Gasteiger partial charge >= 0.3 is 5.97 Å². The van der Waals surface area contributed by atoms with E-state index in [-0.39, 0.29) is 11.6 Å². The molecule has 1 aromatic heterocycles. The van der Waals surface area contributed by atoms with Gasteiger partial charge in [0.05, 0.1) is 5.56 Å². The Labute approximate surface area is 135 Å². The number of aryl methyl sites for hydroxylation is 1. The van der Waals surface area contributed by atoms with Crippen molar-refractivity contribution in [3.8, 4) is 0 Å². The normalized spacial score (nSPS) is 11.1. The number of hydrogen-bond acceptors (Lipinski definition) is 3. The molecule has 0 unspecified atom stereocenters. The maximum atomic E-state index is 12.3. The number of benzene rings is 1. The molecule has 2 N–H and O–H groups in total. The largest absolute Gasteiger partial charge is 0.477 e. The topological polar surface area (TPSA) is 79.3 Å². The molecule has 1 amide bonds. The molecule has 23 heavy (non-hydrogen) atoms. The van der Waals surface area contributed by atoms with Crippen molar-refractivity contribution in [2.45, 2.75) is 32.7 Å². The molecule has 2 aromatic rings.